The molecule has 0 saturated heterocycles. The number of halogens is 2. The van der Waals surface area contributed by atoms with Crippen LogP contribution in [-0.2, 0) is 4.79 Å². The van der Waals surface area contributed by atoms with Crippen LogP contribution >= 0.6 is 43.6 Å². The third-order valence-electron chi connectivity index (χ3n) is 2.86. The normalized spacial score (nSPS) is 12.9. The molecule has 0 aromatic heterocycles. The average molecular weight is 399 g/mol. The lowest BCUT2D eigenvalue weighted by molar-refractivity contribution is -0.115. The Bertz CT molecular complexity index is 636. The smallest absolute Gasteiger partial charge is 0.228 e. The molecule has 2 aromatic rings. The van der Waals surface area contributed by atoms with Crippen molar-refractivity contribution in [2.24, 2.45) is 0 Å². The van der Waals surface area contributed by atoms with Crippen molar-refractivity contribution in [3.05, 3.63) is 45.3 Å². The fraction of sp³-hybridized carbons (Fsp3) is 0.0714. The molecule has 1 aliphatic heterocycles. The summed E-state index contributed by atoms with van der Waals surface area (Å²) in [5, 5.41) is 0. The molecular formula is C14H9Br2NOS. The molecule has 1 aliphatic rings. The maximum atomic E-state index is 12.0. The van der Waals surface area contributed by atoms with Gasteiger partial charge < -0.3 is 0 Å². The van der Waals surface area contributed by atoms with Gasteiger partial charge in [0.15, 0.2) is 0 Å². The number of anilines is 2. The van der Waals surface area contributed by atoms with E-state index in [0.717, 1.165) is 30.1 Å². The van der Waals surface area contributed by atoms with Gasteiger partial charge in [-0.2, -0.15) is 0 Å². The highest BCUT2D eigenvalue weighted by molar-refractivity contribution is 9.10. The predicted molar refractivity (Wildman–Crippen MR) is 85.2 cm³/mol. The molecule has 96 valence electrons. The second-order valence-corrected chi connectivity index (χ2v) is 7.10. The molecule has 0 unspecified atom stereocenters. The van der Waals surface area contributed by atoms with Crippen LogP contribution in [-0.4, -0.2) is 5.91 Å². The first-order chi connectivity index (χ1) is 9.06. The molecule has 0 aliphatic carbocycles. The molecule has 2 nitrogen and oxygen atoms in total. The monoisotopic (exact) mass is 397 g/mol. The topological polar surface area (TPSA) is 20.3 Å². The van der Waals surface area contributed by atoms with Crippen molar-refractivity contribution in [2.45, 2.75) is 16.7 Å². The molecule has 0 saturated carbocycles. The summed E-state index contributed by atoms with van der Waals surface area (Å²) in [7, 11) is 0. The molecule has 3 rings (SSSR count). The van der Waals surface area contributed by atoms with E-state index in [1.807, 2.05) is 36.4 Å². The second kappa shape index (κ2) is 4.96. The maximum absolute atomic E-state index is 12.0. The van der Waals surface area contributed by atoms with Gasteiger partial charge in [-0.15, -0.1) is 0 Å². The van der Waals surface area contributed by atoms with Crippen LogP contribution in [0.5, 0.6) is 0 Å². The van der Waals surface area contributed by atoms with E-state index in [1.54, 1.807) is 23.6 Å². The highest BCUT2D eigenvalue weighted by Crippen LogP contribution is 2.49. The van der Waals surface area contributed by atoms with Gasteiger partial charge in [0, 0.05) is 25.7 Å². The summed E-state index contributed by atoms with van der Waals surface area (Å²) in [4.78, 5) is 15.9. The summed E-state index contributed by atoms with van der Waals surface area (Å²) in [6, 6.07) is 11.9. The lowest BCUT2D eigenvalue weighted by Crippen LogP contribution is -2.25. The van der Waals surface area contributed by atoms with Crippen molar-refractivity contribution in [1.82, 2.24) is 0 Å². The van der Waals surface area contributed by atoms with Crippen LogP contribution in [0.1, 0.15) is 6.92 Å². The Hall–Kier alpha value is -0.780. The Kier molecular flexibility index (Phi) is 3.45. The summed E-state index contributed by atoms with van der Waals surface area (Å²) in [5.74, 6) is 0.0208. The third kappa shape index (κ3) is 2.35. The minimum atomic E-state index is 0.0208. The fourth-order valence-corrected chi connectivity index (χ4v) is 4.26. The van der Waals surface area contributed by atoms with E-state index in [2.05, 4.69) is 31.9 Å². The summed E-state index contributed by atoms with van der Waals surface area (Å²) in [5.41, 5.74) is 1.88. The zero-order chi connectivity index (χ0) is 13.6. The third-order valence-corrected chi connectivity index (χ3v) is 4.94. The zero-order valence-electron chi connectivity index (χ0n) is 9.98. The molecule has 0 bridgehead atoms. The van der Waals surface area contributed by atoms with E-state index in [-0.39, 0.29) is 5.91 Å². The molecule has 0 spiro atoms. The number of hydrogen-bond acceptors (Lipinski definition) is 2. The molecular weight excluding hydrogens is 390 g/mol. The van der Waals surface area contributed by atoms with Crippen LogP contribution in [0, 0.1) is 0 Å². The Morgan fingerprint density at radius 1 is 1.00 bits per heavy atom. The maximum Gasteiger partial charge on any atom is 0.228 e. The first-order valence-electron chi connectivity index (χ1n) is 5.64. The standard InChI is InChI=1S/C14H9Br2NOS/c1-8(18)17-11-4-2-9(15)6-13(11)19-14-7-10(16)3-5-12(14)17/h2-7H,1H3. The van der Waals surface area contributed by atoms with E-state index in [0.29, 0.717) is 0 Å². The van der Waals surface area contributed by atoms with Crippen LogP contribution in [0.25, 0.3) is 0 Å². The van der Waals surface area contributed by atoms with Crippen LogP contribution < -0.4 is 4.90 Å². The van der Waals surface area contributed by atoms with Gasteiger partial charge >= 0.3 is 0 Å². The summed E-state index contributed by atoms with van der Waals surface area (Å²) in [6.45, 7) is 1.59. The van der Waals surface area contributed by atoms with Crippen molar-refractivity contribution in [3.8, 4) is 0 Å². The number of nitrogens with zero attached hydrogens (tertiary/aromatic N) is 1. The van der Waals surface area contributed by atoms with Gasteiger partial charge in [0.25, 0.3) is 0 Å². The highest BCUT2D eigenvalue weighted by atomic mass is 79.9. The number of hydrogen-bond donors (Lipinski definition) is 0. The van der Waals surface area contributed by atoms with Crippen LogP contribution in [0.15, 0.2) is 55.1 Å². The number of benzene rings is 2. The zero-order valence-corrected chi connectivity index (χ0v) is 14.0. The number of carbonyl (C=O) groups excluding carboxylic acids is 1. The van der Waals surface area contributed by atoms with Crippen molar-refractivity contribution in [1.29, 1.82) is 0 Å². The number of carbonyl (C=O) groups is 1. The number of fused-ring (bicyclic) bond motifs is 2. The highest BCUT2D eigenvalue weighted by Gasteiger charge is 2.26. The lowest BCUT2D eigenvalue weighted by Gasteiger charge is -2.30. The molecule has 0 atom stereocenters. The minimum Gasteiger partial charge on any atom is -0.279 e. The number of amides is 1. The van der Waals surface area contributed by atoms with E-state index in [1.165, 1.54) is 0 Å². The van der Waals surface area contributed by atoms with Gasteiger partial charge in [0.2, 0.25) is 5.91 Å². The average Bonchev–Trinajstić information content (AvgIpc) is 2.35. The van der Waals surface area contributed by atoms with Gasteiger partial charge in [-0.25, -0.2) is 0 Å². The van der Waals surface area contributed by atoms with E-state index in [9.17, 15) is 4.79 Å². The Labute approximate surface area is 132 Å². The molecule has 0 N–H and O–H groups in total. The second-order valence-electron chi connectivity index (χ2n) is 4.18. The van der Waals surface area contributed by atoms with Crippen molar-refractivity contribution in [3.63, 3.8) is 0 Å². The predicted octanol–water partition coefficient (Wildman–Crippen LogP) is 5.36. The van der Waals surface area contributed by atoms with Gasteiger partial charge in [-0.05, 0) is 36.4 Å². The Morgan fingerprint density at radius 2 is 1.47 bits per heavy atom. The molecule has 0 radical (unpaired) electrons. The molecule has 2 aromatic carbocycles. The molecule has 5 heteroatoms. The van der Waals surface area contributed by atoms with Gasteiger partial charge in [-0.3, -0.25) is 9.69 Å². The van der Waals surface area contributed by atoms with Gasteiger partial charge in [-0.1, -0.05) is 43.6 Å². The van der Waals surface area contributed by atoms with E-state index < -0.39 is 0 Å². The van der Waals surface area contributed by atoms with E-state index in [4.69, 9.17) is 0 Å². The molecule has 0 fully saturated rings. The number of rotatable bonds is 0. The van der Waals surface area contributed by atoms with Crippen LogP contribution in [0.4, 0.5) is 11.4 Å². The largest absolute Gasteiger partial charge is 0.279 e. The van der Waals surface area contributed by atoms with Crippen molar-refractivity contribution in [2.75, 3.05) is 4.90 Å². The van der Waals surface area contributed by atoms with Gasteiger partial charge in [0.1, 0.15) is 0 Å². The summed E-state index contributed by atoms with van der Waals surface area (Å²) in [6.07, 6.45) is 0. The Balaban J connectivity index is 2.23. The van der Waals surface area contributed by atoms with Crippen LogP contribution in [0.3, 0.4) is 0 Å². The SMILES string of the molecule is CC(=O)N1c2ccc(Br)cc2Sc2cc(Br)ccc21. The van der Waals surface area contributed by atoms with Crippen LogP contribution in [0.2, 0.25) is 0 Å². The molecule has 19 heavy (non-hydrogen) atoms. The van der Waals surface area contributed by atoms with Crippen molar-refractivity contribution < 1.29 is 4.79 Å². The minimum absolute atomic E-state index is 0.0208. The first-order valence-corrected chi connectivity index (χ1v) is 8.04. The molecule has 1 heterocycles. The summed E-state index contributed by atoms with van der Waals surface area (Å²) < 4.78 is 2.03. The molecule has 1 amide bonds. The van der Waals surface area contributed by atoms with Gasteiger partial charge in [0.05, 0.1) is 11.4 Å². The van der Waals surface area contributed by atoms with E-state index >= 15 is 0 Å². The first kappa shape index (κ1) is 13.2. The van der Waals surface area contributed by atoms with Crippen molar-refractivity contribution >= 4 is 60.9 Å². The quantitative estimate of drug-likeness (QED) is 0.595. The lowest BCUT2D eigenvalue weighted by atomic mass is 10.2. The fourth-order valence-electron chi connectivity index (χ4n) is 2.10. The Morgan fingerprint density at radius 3 is 1.89 bits per heavy atom. The summed E-state index contributed by atoms with van der Waals surface area (Å²) >= 11 is 8.63.